The van der Waals surface area contributed by atoms with Crippen LogP contribution in [0.15, 0.2) is 18.6 Å². The first-order valence-electron chi connectivity index (χ1n) is 8.55. The SMILES string of the molecule is O=C(c1cnccn1)N1CCC2(CC1)CC(N1CCCC1)C2. The summed E-state index contributed by atoms with van der Waals surface area (Å²) in [6.07, 6.45) is 12.5. The Balaban J connectivity index is 1.31. The van der Waals surface area contributed by atoms with Crippen LogP contribution in [0.1, 0.15) is 49.0 Å². The monoisotopic (exact) mass is 300 g/mol. The lowest BCUT2D eigenvalue weighted by atomic mass is 9.60. The van der Waals surface area contributed by atoms with E-state index in [9.17, 15) is 4.79 Å². The molecule has 1 aromatic heterocycles. The van der Waals surface area contributed by atoms with E-state index < -0.39 is 0 Å². The molecule has 4 rings (SSSR count). The van der Waals surface area contributed by atoms with Crippen LogP contribution in [0.2, 0.25) is 0 Å². The molecule has 1 aromatic rings. The maximum atomic E-state index is 12.4. The van der Waals surface area contributed by atoms with Crippen molar-refractivity contribution in [1.29, 1.82) is 0 Å². The lowest BCUT2D eigenvalue weighted by molar-refractivity contribution is -0.0312. The minimum atomic E-state index is 0.0402. The summed E-state index contributed by atoms with van der Waals surface area (Å²) in [5, 5.41) is 0. The first-order valence-corrected chi connectivity index (χ1v) is 8.55. The summed E-state index contributed by atoms with van der Waals surface area (Å²) in [7, 11) is 0. The van der Waals surface area contributed by atoms with Crippen LogP contribution in [0.25, 0.3) is 0 Å². The van der Waals surface area contributed by atoms with Gasteiger partial charge in [0.2, 0.25) is 0 Å². The second-order valence-electron chi connectivity index (χ2n) is 7.19. The van der Waals surface area contributed by atoms with Gasteiger partial charge in [0.25, 0.3) is 5.91 Å². The number of carbonyl (C=O) groups is 1. The molecule has 118 valence electrons. The van der Waals surface area contributed by atoms with Crippen LogP contribution < -0.4 is 0 Å². The van der Waals surface area contributed by atoms with E-state index in [1.54, 1.807) is 18.6 Å². The third-order valence-corrected chi connectivity index (χ3v) is 5.89. The molecule has 0 aromatic carbocycles. The van der Waals surface area contributed by atoms with Gasteiger partial charge in [-0.1, -0.05) is 0 Å². The van der Waals surface area contributed by atoms with Crippen LogP contribution in [-0.2, 0) is 0 Å². The second-order valence-corrected chi connectivity index (χ2v) is 7.19. The van der Waals surface area contributed by atoms with Gasteiger partial charge < -0.3 is 9.80 Å². The molecule has 5 heteroatoms. The zero-order chi connectivity index (χ0) is 15.0. The summed E-state index contributed by atoms with van der Waals surface area (Å²) >= 11 is 0. The molecule has 1 amide bonds. The topological polar surface area (TPSA) is 49.3 Å². The first-order chi connectivity index (χ1) is 10.8. The molecule has 22 heavy (non-hydrogen) atoms. The molecule has 2 saturated heterocycles. The number of hydrogen-bond donors (Lipinski definition) is 0. The standard InChI is InChI=1S/C17H24N4O/c22-16(15-13-18-5-6-19-15)21-9-3-17(4-10-21)11-14(12-17)20-7-1-2-8-20/h5-6,13-14H,1-4,7-12H2. The fourth-order valence-corrected chi connectivity index (χ4v) is 4.47. The van der Waals surface area contributed by atoms with E-state index in [1.165, 1.54) is 38.8 Å². The maximum Gasteiger partial charge on any atom is 0.274 e. The van der Waals surface area contributed by atoms with Crippen molar-refractivity contribution in [2.24, 2.45) is 5.41 Å². The maximum absolute atomic E-state index is 12.4. The Bertz CT molecular complexity index is 525. The third kappa shape index (κ3) is 2.51. The molecule has 3 fully saturated rings. The summed E-state index contributed by atoms with van der Waals surface area (Å²) in [6.45, 7) is 4.36. The summed E-state index contributed by atoms with van der Waals surface area (Å²) in [4.78, 5) is 25.2. The van der Waals surface area contributed by atoms with E-state index in [0.29, 0.717) is 11.1 Å². The average molecular weight is 300 g/mol. The molecule has 2 aliphatic heterocycles. The third-order valence-electron chi connectivity index (χ3n) is 5.89. The minimum absolute atomic E-state index is 0.0402. The van der Waals surface area contributed by atoms with Gasteiger partial charge in [-0.15, -0.1) is 0 Å². The Morgan fingerprint density at radius 1 is 1.09 bits per heavy atom. The van der Waals surface area contributed by atoms with Gasteiger partial charge in [-0.2, -0.15) is 0 Å². The van der Waals surface area contributed by atoms with Crippen LogP contribution >= 0.6 is 0 Å². The predicted molar refractivity (Wildman–Crippen MR) is 83.4 cm³/mol. The van der Waals surface area contributed by atoms with Crippen molar-refractivity contribution >= 4 is 5.91 Å². The highest BCUT2D eigenvalue weighted by molar-refractivity contribution is 5.92. The molecular formula is C17H24N4O. The number of hydrogen-bond acceptors (Lipinski definition) is 4. The van der Waals surface area contributed by atoms with E-state index in [1.807, 2.05) is 4.90 Å². The molecule has 1 saturated carbocycles. The van der Waals surface area contributed by atoms with Crippen molar-refractivity contribution in [1.82, 2.24) is 19.8 Å². The zero-order valence-corrected chi connectivity index (χ0v) is 13.1. The van der Waals surface area contributed by atoms with Crippen LogP contribution in [0.5, 0.6) is 0 Å². The average Bonchev–Trinajstić information content (AvgIpc) is 3.07. The van der Waals surface area contributed by atoms with Gasteiger partial charge in [0.1, 0.15) is 5.69 Å². The zero-order valence-electron chi connectivity index (χ0n) is 13.1. The quantitative estimate of drug-likeness (QED) is 0.838. The Morgan fingerprint density at radius 3 is 2.45 bits per heavy atom. The van der Waals surface area contributed by atoms with E-state index in [2.05, 4.69) is 14.9 Å². The molecule has 0 N–H and O–H groups in total. The van der Waals surface area contributed by atoms with E-state index in [-0.39, 0.29) is 5.91 Å². The summed E-state index contributed by atoms with van der Waals surface area (Å²) in [5.74, 6) is 0.0402. The number of aromatic nitrogens is 2. The molecule has 1 aliphatic carbocycles. The van der Waals surface area contributed by atoms with Crippen molar-refractivity contribution in [3.63, 3.8) is 0 Å². The van der Waals surface area contributed by atoms with Gasteiger partial charge >= 0.3 is 0 Å². The Hall–Kier alpha value is -1.49. The van der Waals surface area contributed by atoms with Crippen LogP contribution in [0.4, 0.5) is 0 Å². The van der Waals surface area contributed by atoms with Crippen molar-refractivity contribution in [3.8, 4) is 0 Å². The lowest BCUT2D eigenvalue weighted by Crippen LogP contribution is -2.55. The summed E-state index contributed by atoms with van der Waals surface area (Å²) < 4.78 is 0. The smallest absolute Gasteiger partial charge is 0.274 e. The Labute approximate surface area is 131 Å². The van der Waals surface area contributed by atoms with Gasteiger partial charge in [-0.05, 0) is 57.0 Å². The number of likely N-dealkylation sites (tertiary alicyclic amines) is 2. The van der Waals surface area contributed by atoms with Gasteiger partial charge in [0.15, 0.2) is 0 Å². The fourth-order valence-electron chi connectivity index (χ4n) is 4.47. The fraction of sp³-hybridized carbons (Fsp3) is 0.706. The first kappa shape index (κ1) is 14.1. The van der Waals surface area contributed by atoms with E-state index >= 15 is 0 Å². The Kier molecular flexibility index (Phi) is 3.60. The summed E-state index contributed by atoms with van der Waals surface area (Å²) in [5.41, 5.74) is 0.994. The second kappa shape index (κ2) is 5.61. The summed E-state index contributed by atoms with van der Waals surface area (Å²) in [6, 6.07) is 0.824. The molecule has 5 nitrogen and oxygen atoms in total. The number of amides is 1. The molecule has 0 radical (unpaired) electrons. The molecule has 3 heterocycles. The number of rotatable bonds is 2. The van der Waals surface area contributed by atoms with Gasteiger partial charge in [-0.3, -0.25) is 9.78 Å². The highest BCUT2D eigenvalue weighted by Gasteiger charge is 2.48. The largest absolute Gasteiger partial charge is 0.337 e. The van der Waals surface area contributed by atoms with Gasteiger partial charge in [0, 0.05) is 31.5 Å². The molecule has 1 spiro atoms. The van der Waals surface area contributed by atoms with E-state index in [4.69, 9.17) is 0 Å². The van der Waals surface area contributed by atoms with Crippen molar-refractivity contribution in [2.75, 3.05) is 26.2 Å². The molecule has 3 aliphatic rings. The van der Waals surface area contributed by atoms with Crippen molar-refractivity contribution in [2.45, 2.75) is 44.6 Å². The van der Waals surface area contributed by atoms with E-state index in [0.717, 1.165) is 32.0 Å². The Morgan fingerprint density at radius 2 is 1.82 bits per heavy atom. The predicted octanol–water partition coefficient (Wildman–Crippen LogP) is 1.96. The number of carbonyl (C=O) groups excluding carboxylic acids is 1. The highest BCUT2D eigenvalue weighted by atomic mass is 16.2. The van der Waals surface area contributed by atoms with Gasteiger partial charge in [0.05, 0.1) is 6.20 Å². The minimum Gasteiger partial charge on any atom is -0.337 e. The highest BCUT2D eigenvalue weighted by Crippen LogP contribution is 2.51. The number of piperidine rings is 1. The normalized spacial score (nSPS) is 25.4. The van der Waals surface area contributed by atoms with Crippen LogP contribution in [0.3, 0.4) is 0 Å². The lowest BCUT2D eigenvalue weighted by Gasteiger charge is -2.54. The van der Waals surface area contributed by atoms with Crippen molar-refractivity contribution in [3.05, 3.63) is 24.3 Å². The molecular weight excluding hydrogens is 276 g/mol. The van der Waals surface area contributed by atoms with Crippen LogP contribution in [-0.4, -0.2) is 57.9 Å². The van der Waals surface area contributed by atoms with Gasteiger partial charge in [-0.25, -0.2) is 4.98 Å². The molecule has 0 unspecified atom stereocenters. The van der Waals surface area contributed by atoms with Crippen molar-refractivity contribution < 1.29 is 4.79 Å². The van der Waals surface area contributed by atoms with Crippen LogP contribution in [0, 0.1) is 5.41 Å². The molecule has 0 bridgehead atoms. The molecule has 0 atom stereocenters. The number of nitrogens with zero attached hydrogens (tertiary/aromatic N) is 4.